The van der Waals surface area contributed by atoms with Gasteiger partial charge in [-0.25, -0.2) is 12.8 Å². The molecule has 1 saturated heterocycles. The Morgan fingerprint density at radius 2 is 1.84 bits per heavy atom. The lowest BCUT2D eigenvalue weighted by atomic mass is 10.1. The highest BCUT2D eigenvalue weighted by molar-refractivity contribution is 8.13. The van der Waals surface area contributed by atoms with Crippen molar-refractivity contribution >= 4 is 55.7 Å². The molecule has 2 aromatic rings. The van der Waals surface area contributed by atoms with Crippen molar-refractivity contribution in [3.8, 4) is 0 Å². The van der Waals surface area contributed by atoms with Crippen LogP contribution in [0, 0.1) is 5.82 Å². The van der Waals surface area contributed by atoms with Crippen molar-refractivity contribution in [2.45, 2.75) is 24.0 Å². The first-order chi connectivity index (χ1) is 14.4. The van der Waals surface area contributed by atoms with Gasteiger partial charge in [0.2, 0.25) is 0 Å². The lowest BCUT2D eigenvalue weighted by molar-refractivity contribution is -0.137. The fraction of sp³-hybridized carbons (Fsp3) is 0.316. The fourth-order valence-corrected chi connectivity index (χ4v) is 7.06. The molecular formula is C19H14Cl2F4N2O2S2. The molecule has 1 fully saturated rings. The monoisotopic (exact) mass is 512 g/mol. The van der Waals surface area contributed by atoms with E-state index in [-0.39, 0.29) is 33.0 Å². The van der Waals surface area contributed by atoms with E-state index in [1.807, 2.05) is 0 Å². The Morgan fingerprint density at radius 1 is 1.10 bits per heavy atom. The third kappa shape index (κ3) is 4.67. The summed E-state index contributed by atoms with van der Waals surface area (Å²) in [6.45, 7) is 0. The fourth-order valence-electron chi connectivity index (χ4n) is 3.57. The number of sulfone groups is 1. The number of amidine groups is 1. The Morgan fingerprint density at radius 3 is 2.52 bits per heavy atom. The number of thioether (sulfide) groups is 1. The van der Waals surface area contributed by atoms with E-state index in [0.717, 1.165) is 24.3 Å². The molecule has 0 N–H and O–H groups in total. The molecule has 4 nitrogen and oxygen atoms in total. The number of fused-ring (bicyclic) bond motifs is 1. The minimum atomic E-state index is -4.59. The molecule has 0 aromatic heterocycles. The van der Waals surface area contributed by atoms with Crippen molar-refractivity contribution in [3.05, 3.63) is 63.4 Å². The van der Waals surface area contributed by atoms with Crippen LogP contribution >= 0.6 is 35.0 Å². The average Bonchev–Trinajstić information content (AvgIpc) is 3.11. The Bertz CT molecular complexity index is 1170. The zero-order valence-electron chi connectivity index (χ0n) is 15.5. The predicted octanol–water partition coefficient (Wildman–Crippen LogP) is 5.43. The van der Waals surface area contributed by atoms with E-state index in [2.05, 4.69) is 4.99 Å². The van der Waals surface area contributed by atoms with E-state index in [1.165, 1.54) is 28.8 Å². The Labute approximate surface area is 190 Å². The van der Waals surface area contributed by atoms with E-state index >= 15 is 0 Å². The SMILES string of the molecule is O=S1(=O)C[C@@H]2[C@@H](C1)N=C(SCc1ccc(F)cc1Cl)N2c1cc(C(F)(F)F)ccc1Cl. The number of hydrogen-bond donors (Lipinski definition) is 0. The third-order valence-corrected chi connectivity index (χ3v) is 8.40. The number of hydrogen-bond acceptors (Lipinski definition) is 5. The molecule has 0 bridgehead atoms. The number of alkyl halides is 3. The number of aliphatic imine (C=N–C) groups is 1. The maximum absolute atomic E-state index is 13.3. The van der Waals surface area contributed by atoms with Crippen LogP contribution < -0.4 is 4.90 Å². The van der Waals surface area contributed by atoms with Crippen molar-refractivity contribution in [3.63, 3.8) is 0 Å². The largest absolute Gasteiger partial charge is 0.416 e. The zero-order valence-corrected chi connectivity index (χ0v) is 18.7. The summed E-state index contributed by atoms with van der Waals surface area (Å²) < 4.78 is 77.4. The molecule has 4 rings (SSSR count). The minimum absolute atomic E-state index is 0.0394. The summed E-state index contributed by atoms with van der Waals surface area (Å²) in [5, 5.41) is 0.593. The van der Waals surface area contributed by atoms with Crippen molar-refractivity contribution in [1.29, 1.82) is 0 Å². The first-order valence-electron chi connectivity index (χ1n) is 8.95. The van der Waals surface area contributed by atoms with Gasteiger partial charge < -0.3 is 4.90 Å². The maximum Gasteiger partial charge on any atom is 0.416 e. The summed E-state index contributed by atoms with van der Waals surface area (Å²) in [4.78, 5) is 5.94. The number of anilines is 1. The third-order valence-electron chi connectivity index (χ3n) is 5.01. The highest BCUT2D eigenvalue weighted by atomic mass is 35.5. The molecule has 0 radical (unpaired) electrons. The molecule has 2 aromatic carbocycles. The summed E-state index contributed by atoms with van der Waals surface area (Å²) in [6, 6.07) is 5.56. The van der Waals surface area contributed by atoms with E-state index in [4.69, 9.17) is 23.2 Å². The van der Waals surface area contributed by atoms with Crippen LogP contribution in [0.1, 0.15) is 11.1 Å². The van der Waals surface area contributed by atoms with Gasteiger partial charge in [0, 0.05) is 10.8 Å². The lowest BCUT2D eigenvalue weighted by Gasteiger charge is -2.28. The molecule has 0 spiro atoms. The van der Waals surface area contributed by atoms with E-state index in [0.29, 0.717) is 10.7 Å². The minimum Gasteiger partial charge on any atom is -0.313 e. The van der Waals surface area contributed by atoms with Crippen LogP contribution in [0.15, 0.2) is 41.4 Å². The quantitative estimate of drug-likeness (QED) is 0.514. The molecular weight excluding hydrogens is 499 g/mol. The number of rotatable bonds is 3. The Kier molecular flexibility index (Phi) is 5.95. The number of benzene rings is 2. The standard InChI is InChI=1S/C19H14Cl2F4N2O2S2/c20-13-4-2-11(19(23,24)25)5-16(13)27-17-9-31(28,29)8-15(17)26-18(27)30-7-10-1-3-12(22)6-14(10)21/h1-6,15,17H,7-9H2/t15-,17-/m1/s1. The van der Waals surface area contributed by atoms with Crippen LogP contribution in [0.2, 0.25) is 10.0 Å². The van der Waals surface area contributed by atoms with Crippen molar-refractivity contribution < 1.29 is 26.0 Å². The maximum atomic E-state index is 13.3. The van der Waals surface area contributed by atoms with Crippen molar-refractivity contribution in [2.75, 3.05) is 16.4 Å². The van der Waals surface area contributed by atoms with Gasteiger partial charge in [0.05, 0.1) is 39.9 Å². The Hall–Kier alpha value is -1.49. The van der Waals surface area contributed by atoms with Gasteiger partial charge in [-0.2, -0.15) is 13.2 Å². The first-order valence-corrected chi connectivity index (χ1v) is 12.5. The van der Waals surface area contributed by atoms with Gasteiger partial charge in [-0.1, -0.05) is 41.0 Å². The van der Waals surface area contributed by atoms with E-state index < -0.39 is 39.5 Å². The molecule has 2 aliphatic rings. The topological polar surface area (TPSA) is 49.7 Å². The summed E-state index contributed by atoms with van der Waals surface area (Å²) in [5.41, 5.74) is -0.254. The molecule has 12 heteroatoms. The van der Waals surface area contributed by atoms with Gasteiger partial charge in [0.25, 0.3) is 0 Å². The van der Waals surface area contributed by atoms with Gasteiger partial charge in [-0.05, 0) is 35.9 Å². The predicted molar refractivity (Wildman–Crippen MR) is 115 cm³/mol. The van der Waals surface area contributed by atoms with Crippen LogP contribution in [0.5, 0.6) is 0 Å². The van der Waals surface area contributed by atoms with Gasteiger partial charge in [0.1, 0.15) is 5.82 Å². The highest BCUT2D eigenvalue weighted by Crippen LogP contribution is 2.42. The molecule has 2 atom stereocenters. The van der Waals surface area contributed by atoms with Crippen molar-refractivity contribution in [1.82, 2.24) is 0 Å². The van der Waals surface area contributed by atoms with Gasteiger partial charge in [-0.3, -0.25) is 4.99 Å². The van der Waals surface area contributed by atoms with Crippen LogP contribution in [0.4, 0.5) is 23.2 Å². The second-order valence-electron chi connectivity index (χ2n) is 7.18. The smallest absolute Gasteiger partial charge is 0.313 e. The average molecular weight is 513 g/mol. The second kappa shape index (κ2) is 8.13. The van der Waals surface area contributed by atoms with Crippen LogP contribution in [0.3, 0.4) is 0 Å². The van der Waals surface area contributed by atoms with E-state index in [1.54, 1.807) is 0 Å². The molecule has 31 heavy (non-hydrogen) atoms. The van der Waals surface area contributed by atoms with Crippen LogP contribution in [-0.4, -0.2) is 37.2 Å². The van der Waals surface area contributed by atoms with Gasteiger partial charge in [0.15, 0.2) is 15.0 Å². The molecule has 0 saturated carbocycles. The second-order valence-corrected chi connectivity index (χ2v) is 11.1. The van der Waals surface area contributed by atoms with Gasteiger partial charge >= 0.3 is 6.18 Å². The van der Waals surface area contributed by atoms with E-state index in [9.17, 15) is 26.0 Å². The summed E-state index contributed by atoms with van der Waals surface area (Å²) in [7, 11) is -3.39. The highest BCUT2D eigenvalue weighted by Gasteiger charge is 2.48. The van der Waals surface area contributed by atoms with Crippen LogP contribution in [-0.2, 0) is 21.8 Å². The number of nitrogens with zero attached hydrogens (tertiary/aromatic N) is 2. The lowest BCUT2D eigenvalue weighted by Crippen LogP contribution is -2.39. The normalized spacial score (nSPS) is 22.5. The summed E-state index contributed by atoms with van der Waals surface area (Å²) in [5.74, 6) is -0.660. The summed E-state index contributed by atoms with van der Waals surface area (Å²) in [6.07, 6.45) is -4.59. The van der Waals surface area contributed by atoms with Crippen molar-refractivity contribution in [2.24, 2.45) is 4.99 Å². The molecule has 2 heterocycles. The Balaban J connectivity index is 1.70. The van der Waals surface area contributed by atoms with Crippen LogP contribution in [0.25, 0.3) is 0 Å². The molecule has 0 amide bonds. The number of halogens is 6. The summed E-state index contributed by atoms with van der Waals surface area (Å²) >= 11 is 13.5. The first kappa shape index (κ1) is 22.7. The zero-order chi connectivity index (χ0) is 22.6. The molecule has 0 unspecified atom stereocenters. The molecule has 2 aliphatic heterocycles. The molecule has 0 aliphatic carbocycles. The van der Waals surface area contributed by atoms with Gasteiger partial charge in [-0.15, -0.1) is 0 Å². The molecule has 166 valence electrons.